The Hall–Kier alpha value is -0.120. The third-order valence-electron chi connectivity index (χ3n) is 3.12. The van der Waals surface area contributed by atoms with Crippen molar-refractivity contribution < 1.29 is 5.11 Å². The summed E-state index contributed by atoms with van der Waals surface area (Å²) in [4.78, 5) is 0. The molecule has 14 heavy (non-hydrogen) atoms. The zero-order valence-corrected chi connectivity index (χ0v) is 9.59. The lowest BCUT2D eigenvalue weighted by atomic mass is 9.69. The van der Waals surface area contributed by atoms with Gasteiger partial charge >= 0.3 is 0 Å². The molecule has 2 unspecified atom stereocenters. The second kappa shape index (κ2) is 4.60. The molecule has 2 atom stereocenters. The number of hydrogen-bond acceptors (Lipinski definition) is 3. The van der Waals surface area contributed by atoms with Crippen molar-refractivity contribution in [3.05, 3.63) is 0 Å². The molecule has 1 aliphatic carbocycles. The number of hydrogen-bond donors (Lipinski definition) is 3. The second-order valence-electron chi connectivity index (χ2n) is 5.13. The first-order valence-electron chi connectivity index (χ1n) is 5.63. The maximum absolute atomic E-state index is 9.26. The fourth-order valence-electron chi connectivity index (χ4n) is 2.71. The van der Waals surface area contributed by atoms with E-state index in [2.05, 4.69) is 19.2 Å². The van der Waals surface area contributed by atoms with E-state index in [0.29, 0.717) is 12.6 Å². The Balaban J connectivity index is 2.34. The fourth-order valence-corrected chi connectivity index (χ4v) is 2.71. The summed E-state index contributed by atoms with van der Waals surface area (Å²) in [5.41, 5.74) is 5.95. The molecule has 3 heteroatoms. The molecule has 4 N–H and O–H groups in total. The normalized spacial score (nSPS) is 36.2. The van der Waals surface area contributed by atoms with E-state index in [1.807, 2.05) is 6.92 Å². The van der Waals surface area contributed by atoms with Crippen molar-refractivity contribution in [2.75, 3.05) is 6.54 Å². The lowest BCUT2D eigenvalue weighted by Crippen LogP contribution is -2.62. The predicted octanol–water partition coefficient (Wildman–Crippen LogP) is 0.863. The van der Waals surface area contributed by atoms with Crippen molar-refractivity contribution in [1.82, 2.24) is 5.32 Å². The van der Waals surface area contributed by atoms with Crippen LogP contribution in [0.1, 0.15) is 40.0 Å². The highest BCUT2D eigenvalue weighted by molar-refractivity contribution is 5.01. The Bertz CT molecular complexity index is 176. The van der Waals surface area contributed by atoms with E-state index < -0.39 is 0 Å². The summed E-state index contributed by atoms with van der Waals surface area (Å²) in [6, 6.07) is 0.353. The van der Waals surface area contributed by atoms with Gasteiger partial charge in [0.05, 0.1) is 6.10 Å². The van der Waals surface area contributed by atoms with Gasteiger partial charge in [-0.05, 0) is 39.0 Å². The van der Waals surface area contributed by atoms with Gasteiger partial charge in [0.2, 0.25) is 0 Å². The second-order valence-corrected chi connectivity index (χ2v) is 5.13. The smallest absolute Gasteiger partial charge is 0.0526 e. The predicted molar refractivity (Wildman–Crippen MR) is 59.1 cm³/mol. The van der Waals surface area contributed by atoms with Crippen LogP contribution in [0, 0.1) is 5.92 Å². The zero-order valence-electron chi connectivity index (χ0n) is 9.59. The average molecular weight is 200 g/mol. The summed E-state index contributed by atoms with van der Waals surface area (Å²) in [5.74, 6) is 0.796. The van der Waals surface area contributed by atoms with Crippen LogP contribution in [-0.4, -0.2) is 29.3 Å². The largest absolute Gasteiger partial charge is 0.393 e. The molecule has 1 rings (SSSR count). The summed E-state index contributed by atoms with van der Waals surface area (Å²) < 4.78 is 0. The summed E-state index contributed by atoms with van der Waals surface area (Å²) >= 11 is 0. The van der Waals surface area contributed by atoms with Gasteiger partial charge in [0, 0.05) is 18.1 Å². The topological polar surface area (TPSA) is 58.3 Å². The van der Waals surface area contributed by atoms with Crippen LogP contribution in [0.25, 0.3) is 0 Å². The Morgan fingerprint density at radius 2 is 2.07 bits per heavy atom. The average Bonchev–Trinajstić information content (AvgIpc) is 1.99. The highest BCUT2D eigenvalue weighted by Gasteiger charge is 2.41. The van der Waals surface area contributed by atoms with Gasteiger partial charge in [0.15, 0.2) is 0 Å². The standard InChI is InChI=1S/C11H24N2O/c1-8-5-11(6-8,7-12)13-9(2)4-10(3)14/h8-10,13-14H,4-7,12H2,1-3H3. The molecule has 0 saturated heterocycles. The summed E-state index contributed by atoms with van der Waals surface area (Å²) in [6.07, 6.45) is 2.92. The Kier molecular flexibility index (Phi) is 3.93. The molecule has 1 fully saturated rings. The molecule has 0 radical (unpaired) electrons. The maximum atomic E-state index is 9.26. The van der Waals surface area contributed by atoms with E-state index >= 15 is 0 Å². The van der Waals surface area contributed by atoms with Gasteiger partial charge in [-0.2, -0.15) is 0 Å². The molecule has 0 aromatic carbocycles. The first kappa shape index (κ1) is 12.0. The zero-order chi connectivity index (χ0) is 10.8. The minimum Gasteiger partial charge on any atom is -0.393 e. The molecule has 0 aliphatic heterocycles. The van der Waals surface area contributed by atoms with E-state index in [4.69, 9.17) is 5.73 Å². The molecular formula is C11H24N2O. The van der Waals surface area contributed by atoms with E-state index in [9.17, 15) is 5.11 Å². The van der Waals surface area contributed by atoms with E-state index in [0.717, 1.165) is 12.3 Å². The first-order chi connectivity index (χ1) is 6.47. The number of nitrogens with two attached hydrogens (primary N) is 1. The molecule has 3 nitrogen and oxygen atoms in total. The summed E-state index contributed by atoms with van der Waals surface area (Å²) in [7, 11) is 0. The van der Waals surface area contributed by atoms with E-state index in [-0.39, 0.29) is 11.6 Å². The number of nitrogens with one attached hydrogen (secondary N) is 1. The minimum atomic E-state index is -0.232. The maximum Gasteiger partial charge on any atom is 0.0526 e. The minimum absolute atomic E-state index is 0.160. The number of rotatable bonds is 5. The van der Waals surface area contributed by atoms with Crippen LogP contribution in [0.3, 0.4) is 0 Å². The summed E-state index contributed by atoms with van der Waals surface area (Å²) in [6.45, 7) is 6.92. The van der Waals surface area contributed by atoms with Gasteiger partial charge in [-0.15, -0.1) is 0 Å². The molecule has 1 saturated carbocycles. The van der Waals surface area contributed by atoms with Gasteiger partial charge < -0.3 is 16.2 Å². The van der Waals surface area contributed by atoms with E-state index in [1.54, 1.807) is 0 Å². The van der Waals surface area contributed by atoms with Gasteiger partial charge in [-0.3, -0.25) is 0 Å². The van der Waals surface area contributed by atoms with Gasteiger partial charge in [-0.1, -0.05) is 6.92 Å². The van der Waals surface area contributed by atoms with Crippen LogP contribution in [-0.2, 0) is 0 Å². The van der Waals surface area contributed by atoms with Crippen molar-refractivity contribution >= 4 is 0 Å². The summed E-state index contributed by atoms with van der Waals surface area (Å²) in [5, 5.41) is 12.8. The SMILES string of the molecule is CC(O)CC(C)NC1(CN)CC(C)C1. The van der Waals surface area contributed by atoms with Crippen molar-refractivity contribution in [1.29, 1.82) is 0 Å². The van der Waals surface area contributed by atoms with Crippen LogP contribution in [0.15, 0.2) is 0 Å². The fraction of sp³-hybridized carbons (Fsp3) is 1.00. The lowest BCUT2D eigenvalue weighted by Gasteiger charge is -2.48. The van der Waals surface area contributed by atoms with Gasteiger partial charge in [-0.25, -0.2) is 0 Å². The molecule has 0 heterocycles. The van der Waals surface area contributed by atoms with Crippen LogP contribution in [0.4, 0.5) is 0 Å². The number of aliphatic hydroxyl groups excluding tert-OH is 1. The molecule has 1 aliphatic rings. The van der Waals surface area contributed by atoms with Crippen molar-refractivity contribution in [3.63, 3.8) is 0 Å². The van der Waals surface area contributed by atoms with Gasteiger partial charge in [0.1, 0.15) is 0 Å². The van der Waals surface area contributed by atoms with Crippen LogP contribution in [0.5, 0.6) is 0 Å². The number of aliphatic hydroxyl groups is 1. The Morgan fingerprint density at radius 3 is 2.43 bits per heavy atom. The highest BCUT2D eigenvalue weighted by atomic mass is 16.3. The van der Waals surface area contributed by atoms with Crippen LogP contribution in [0.2, 0.25) is 0 Å². The van der Waals surface area contributed by atoms with Crippen molar-refractivity contribution in [2.24, 2.45) is 11.7 Å². The molecule has 0 amide bonds. The van der Waals surface area contributed by atoms with Gasteiger partial charge in [0.25, 0.3) is 0 Å². The molecule has 0 aromatic heterocycles. The molecule has 0 aromatic rings. The van der Waals surface area contributed by atoms with Crippen LogP contribution >= 0.6 is 0 Å². The molecular weight excluding hydrogens is 176 g/mol. The molecule has 0 spiro atoms. The monoisotopic (exact) mass is 200 g/mol. The van der Waals surface area contributed by atoms with Crippen LogP contribution < -0.4 is 11.1 Å². The van der Waals surface area contributed by atoms with Crippen molar-refractivity contribution in [2.45, 2.75) is 57.7 Å². The van der Waals surface area contributed by atoms with Crippen molar-refractivity contribution in [3.8, 4) is 0 Å². The quantitative estimate of drug-likeness (QED) is 0.617. The van der Waals surface area contributed by atoms with E-state index in [1.165, 1.54) is 12.8 Å². The first-order valence-corrected chi connectivity index (χ1v) is 5.63. The Labute approximate surface area is 87.1 Å². The lowest BCUT2D eigenvalue weighted by molar-refractivity contribution is 0.0941. The molecule has 84 valence electrons. The molecule has 0 bridgehead atoms. The third-order valence-corrected chi connectivity index (χ3v) is 3.12. The third kappa shape index (κ3) is 2.94. The highest BCUT2D eigenvalue weighted by Crippen LogP contribution is 2.37. The Morgan fingerprint density at radius 1 is 1.50 bits per heavy atom.